The summed E-state index contributed by atoms with van der Waals surface area (Å²) in [5.74, 6) is 2.50. The second-order valence-electron chi connectivity index (χ2n) is 3.86. The Morgan fingerprint density at radius 3 is 2.94 bits per heavy atom. The number of nitrogens with one attached hydrogen (secondary N) is 1. The van der Waals surface area contributed by atoms with Crippen LogP contribution in [0.25, 0.3) is 0 Å². The quantitative estimate of drug-likeness (QED) is 0.801. The maximum atomic E-state index is 9.62. The summed E-state index contributed by atoms with van der Waals surface area (Å²) in [6.45, 7) is 6.86. The van der Waals surface area contributed by atoms with E-state index in [2.05, 4.69) is 24.1 Å². The van der Waals surface area contributed by atoms with E-state index in [0.29, 0.717) is 12.6 Å². The molecule has 0 aliphatic rings. The van der Waals surface area contributed by atoms with Crippen LogP contribution in [0, 0.1) is 6.92 Å². The lowest BCUT2D eigenvalue weighted by Gasteiger charge is -2.13. The Balaban J connectivity index is 2.44. The number of thioether (sulfide) groups is 1. The molecule has 90 valence electrons. The Morgan fingerprint density at radius 2 is 2.25 bits per heavy atom. The molecule has 0 aromatic carbocycles. The number of hydrogen-bond acceptors (Lipinski definition) is 4. The number of nitrogens with zero attached hydrogens (tertiary/aromatic N) is 1. The summed E-state index contributed by atoms with van der Waals surface area (Å²) in [6.07, 6.45) is 0. The van der Waals surface area contributed by atoms with Crippen LogP contribution in [0.5, 0.6) is 5.75 Å². The summed E-state index contributed by atoms with van der Waals surface area (Å²) in [7, 11) is 0. The van der Waals surface area contributed by atoms with Crippen molar-refractivity contribution in [1.29, 1.82) is 0 Å². The van der Waals surface area contributed by atoms with Crippen molar-refractivity contribution in [2.75, 3.05) is 11.5 Å². The number of aromatic hydroxyl groups is 1. The third-order valence-corrected chi connectivity index (χ3v) is 3.42. The lowest BCUT2D eigenvalue weighted by Crippen LogP contribution is -2.28. The molecule has 0 saturated carbocycles. The van der Waals surface area contributed by atoms with Gasteiger partial charge < -0.3 is 10.4 Å². The van der Waals surface area contributed by atoms with E-state index < -0.39 is 0 Å². The molecule has 1 atom stereocenters. The van der Waals surface area contributed by atoms with Crippen molar-refractivity contribution in [3.05, 3.63) is 23.5 Å². The van der Waals surface area contributed by atoms with Gasteiger partial charge in [0, 0.05) is 24.0 Å². The number of rotatable bonds is 6. The van der Waals surface area contributed by atoms with Gasteiger partial charge >= 0.3 is 0 Å². The maximum Gasteiger partial charge on any atom is 0.138 e. The Bertz CT molecular complexity index is 331. The highest BCUT2D eigenvalue weighted by molar-refractivity contribution is 7.99. The monoisotopic (exact) mass is 240 g/mol. The van der Waals surface area contributed by atoms with Gasteiger partial charge in [-0.05, 0) is 31.7 Å². The summed E-state index contributed by atoms with van der Waals surface area (Å²) in [4.78, 5) is 4.31. The van der Waals surface area contributed by atoms with E-state index in [4.69, 9.17) is 0 Å². The van der Waals surface area contributed by atoms with Crippen LogP contribution in [0.2, 0.25) is 0 Å². The van der Waals surface area contributed by atoms with Crippen molar-refractivity contribution in [1.82, 2.24) is 10.3 Å². The van der Waals surface area contributed by atoms with Gasteiger partial charge in [0.1, 0.15) is 5.75 Å². The van der Waals surface area contributed by atoms with E-state index in [1.807, 2.05) is 24.8 Å². The van der Waals surface area contributed by atoms with Crippen LogP contribution in [0.4, 0.5) is 0 Å². The maximum absolute atomic E-state index is 9.62. The lowest BCUT2D eigenvalue weighted by molar-refractivity contribution is 0.455. The van der Waals surface area contributed by atoms with Gasteiger partial charge in [0.2, 0.25) is 0 Å². The molecule has 0 saturated heterocycles. The van der Waals surface area contributed by atoms with Crippen molar-refractivity contribution < 1.29 is 5.11 Å². The fourth-order valence-electron chi connectivity index (χ4n) is 1.36. The molecule has 3 nitrogen and oxygen atoms in total. The minimum absolute atomic E-state index is 0.272. The summed E-state index contributed by atoms with van der Waals surface area (Å²) in [6, 6.07) is 3.95. The van der Waals surface area contributed by atoms with Crippen LogP contribution in [-0.4, -0.2) is 27.6 Å². The molecular weight excluding hydrogens is 220 g/mol. The Morgan fingerprint density at radius 1 is 1.50 bits per heavy atom. The fraction of sp³-hybridized carbons (Fsp3) is 0.583. The van der Waals surface area contributed by atoms with Crippen molar-refractivity contribution in [3.63, 3.8) is 0 Å². The van der Waals surface area contributed by atoms with Gasteiger partial charge in [0.25, 0.3) is 0 Å². The van der Waals surface area contributed by atoms with E-state index in [1.165, 1.54) is 0 Å². The van der Waals surface area contributed by atoms with Crippen LogP contribution in [0.1, 0.15) is 25.2 Å². The largest absolute Gasteiger partial charge is 0.506 e. The standard InChI is InChI=1S/C12H20N2OS/c1-4-16-8-10(3)13-7-11-12(15)6-5-9(2)14-11/h5-6,10,13,15H,4,7-8H2,1-3H3. The zero-order valence-electron chi connectivity index (χ0n) is 10.2. The molecular formula is C12H20N2OS. The summed E-state index contributed by atoms with van der Waals surface area (Å²) >= 11 is 1.91. The summed E-state index contributed by atoms with van der Waals surface area (Å²) in [5.41, 5.74) is 1.67. The highest BCUT2D eigenvalue weighted by Gasteiger charge is 2.05. The van der Waals surface area contributed by atoms with Gasteiger partial charge in [0.05, 0.1) is 5.69 Å². The fourth-order valence-corrected chi connectivity index (χ4v) is 2.06. The third-order valence-electron chi connectivity index (χ3n) is 2.28. The molecule has 4 heteroatoms. The van der Waals surface area contributed by atoms with Crippen molar-refractivity contribution >= 4 is 11.8 Å². The predicted octanol–water partition coefficient (Wildman–Crippen LogP) is 2.33. The Kier molecular flexibility index (Phi) is 5.63. The van der Waals surface area contributed by atoms with Gasteiger partial charge in [-0.3, -0.25) is 4.98 Å². The van der Waals surface area contributed by atoms with Crippen LogP contribution in [0.3, 0.4) is 0 Å². The van der Waals surface area contributed by atoms with Crippen molar-refractivity contribution in [3.8, 4) is 5.75 Å². The molecule has 16 heavy (non-hydrogen) atoms. The van der Waals surface area contributed by atoms with Crippen LogP contribution >= 0.6 is 11.8 Å². The van der Waals surface area contributed by atoms with Gasteiger partial charge in [0.15, 0.2) is 0 Å². The average molecular weight is 240 g/mol. The van der Waals surface area contributed by atoms with Crippen LogP contribution in [-0.2, 0) is 6.54 Å². The van der Waals surface area contributed by atoms with Crippen molar-refractivity contribution in [2.24, 2.45) is 0 Å². The number of pyridine rings is 1. The number of aromatic nitrogens is 1. The van der Waals surface area contributed by atoms with E-state index in [1.54, 1.807) is 6.07 Å². The number of aryl methyl sites for hydroxylation is 1. The zero-order chi connectivity index (χ0) is 12.0. The summed E-state index contributed by atoms with van der Waals surface area (Å²) in [5, 5.41) is 13.0. The van der Waals surface area contributed by atoms with Crippen LogP contribution < -0.4 is 5.32 Å². The normalized spacial score (nSPS) is 12.7. The van der Waals surface area contributed by atoms with Gasteiger partial charge in [-0.1, -0.05) is 6.92 Å². The Labute approximate surface area is 102 Å². The molecule has 0 amide bonds. The summed E-state index contributed by atoms with van der Waals surface area (Å²) < 4.78 is 0. The van der Waals surface area contributed by atoms with Crippen molar-refractivity contribution in [2.45, 2.75) is 33.4 Å². The molecule has 0 aliphatic heterocycles. The lowest BCUT2D eigenvalue weighted by atomic mass is 10.2. The molecule has 0 radical (unpaired) electrons. The molecule has 0 bridgehead atoms. The smallest absolute Gasteiger partial charge is 0.138 e. The molecule has 1 rings (SSSR count). The molecule has 0 spiro atoms. The topological polar surface area (TPSA) is 45.2 Å². The second kappa shape index (κ2) is 6.76. The minimum atomic E-state index is 0.272. The first-order valence-corrected chi connectivity index (χ1v) is 6.75. The average Bonchev–Trinajstić information content (AvgIpc) is 2.27. The molecule has 0 aliphatic carbocycles. The third kappa shape index (κ3) is 4.41. The molecule has 2 N–H and O–H groups in total. The molecule has 1 unspecified atom stereocenters. The molecule has 0 fully saturated rings. The molecule has 1 aromatic rings. The molecule has 1 aromatic heterocycles. The predicted molar refractivity (Wildman–Crippen MR) is 69.9 cm³/mol. The van der Waals surface area contributed by atoms with E-state index in [9.17, 15) is 5.11 Å². The van der Waals surface area contributed by atoms with Gasteiger partial charge in [-0.25, -0.2) is 0 Å². The highest BCUT2D eigenvalue weighted by Crippen LogP contribution is 2.14. The van der Waals surface area contributed by atoms with Gasteiger partial charge in [-0.15, -0.1) is 0 Å². The minimum Gasteiger partial charge on any atom is -0.506 e. The first-order valence-electron chi connectivity index (χ1n) is 5.60. The SMILES string of the molecule is CCSCC(C)NCc1nc(C)ccc1O. The number of hydrogen-bond donors (Lipinski definition) is 2. The first-order chi connectivity index (χ1) is 7.63. The highest BCUT2D eigenvalue weighted by atomic mass is 32.2. The second-order valence-corrected chi connectivity index (χ2v) is 5.18. The van der Waals surface area contributed by atoms with E-state index >= 15 is 0 Å². The Hall–Kier alpha value is -0.740. The van der Waals surface area contributed by atoms with Crippen LogP contribution in [0.15, 0.2) is 12.1 Å². The zero-order valence-corrected chi connectivity index (χ0v) is 11.0. The van der Waals surface area contributed by atoms with E-state index in [0.717, 1.165) is 22.9 Å². The van der Waals surface area contributed by atoms with E-state index in [-0.39, 0.29) is 5.75 Å². The first kappa shape index (κ1) is 13.3. The van der Waals surface area contributed by atoms with Gasteiger partial charge in [-0.2, -0.15) is 11.8 Å². The molecule has 1 heterocycles.